The molecular weight excluding hydrogens is 297 g/mol. The molecule has 0 heterocycles. The van der Waals surface area contributed by atoms with Gasteiger partial charge in [-0.15, -0.1) is 0 Å². The zero-order chi connectivity index (χ0) is 14.5. The summed E-state index contributed by atoms with van der Waals surface area (Å²) in [7, 11) is -0.951. The van der Waals surface area contributed by atoms with Crippen molar-refractivity contribution in [2.45, 2.75) is 12.3 Å². The van der Waals surface area contributed by atoms with Crippen molar-refractivity contribution in [1.82, 2.24) is 0 Å². The largest absolute Gasteiger partial charge is 0.381 e. The first-order valence-electron chi connectivity index (χ1n) is 6.12. The molecule has 0 fully saturated rings. The Hall–Kier alpha value is -1.39. The van der Waals surface area contributed by atoms with Gasteiger partial charge in [0.2, 0.25) is 0 Å². The van der Waals surface area contributed by atoms with E-state index in [1.807, 2.05) is 12.1 Å². The topological polar surface area (TPSA) is 29.1 Å². The first-order chi connectivity index (χ1) is 9.56. The SMILES string of the molecule is C[S@@](=O)Cc1cc(NCc2ccccc2F)ccc1Cl. The first kappa shape index (κ1) is 15.0. The highest BCUT2D eigenvalue weighted by atomic mass is 35.5. The molecule has 0 bridgehead atoms. The molecule has 2 nitrogen and oxygen atoms in total. The summed E-state index contributed by atoms with van der Waals surface area (Å²) in [6.45, 7) is 0.392. The van der Waals surface area contributed by atoms with E-state index in [0.29, 0.717) is 22.9 Å². The Morgan fingerprint density at radius 2 is 1.95 bits per heavy atom. The minimum Gasteiger partial charge on any atom is -0.381 e. The highest BCUT2D eigenvalue weighted by Gasteiger charge is 2.05. The molecule has 0 aliphatic heterocycles. The molecule has 2 aromatic rings. The van der Waals surface area contributed by atoms with E-state index in [1.165, 1.54) is 6.07 Å². The van der Waals surface area contributed by atoms with E-state index >= 15 is 0 Å². The predicted molar refractivity (Wildman–Crippen MR) is 82.9 cm³/mol. The van der Waals surface area contributed by atoms with Crippen LogP contribution in [0.1, 0.15) is 11.1 Å². The number of benzene rings is 2. The van der Waals surface area contributed by atoms with Gasteiger partial charge in [-0.25, -0.2) is 4.39 Å². The van der Waals surface area contributed by atoms with Gasteiger partial charge in [0.15, 0.2) is 0 Å². The Morgan fingerprint density at radius 3 is 2.65 bits per heavy atom. The van der Waals surface area contributed by atoms with E-state index in [-0.39, 0.29) is 5.82 Å². The number of hydrogen-bond donors (Lipinski definition) is 1. The van der Waals surface area contributed by atoms with Gasteiger partial charge in [0, 0.05) is 45.6 Å². The highest BCUT2D eigenvalue weighted by molar-refractivity contribution is 7.83. The molecule has 20 heavy (non-hydrogen) atoms. The fraction of sp³-hybridized carbons (Fsp3) is 0.200. The van der Waals surface area contributed by atoms with Crippen LogP contribution in [0.2, 0.25) is 5.02 Å². The Balaban J connectivity index is 2.10. The zero-order valence-corrected chi connectivity index (χ0v) is 12.6. The van der Waals surface area contributed by atoms with Gasteiger partial charge in [-0.3, -0.25) is 4.21 Å². The molecule has 0 unspecified atom stereocenters. The second-order valence-electron chi connectivity index (χ2n) is 4.47. The maximum atomic E-state index is 13.5. The molecule has 0 aromatic heterocycles. The zero-order valence-electron chi connectivity index (χ0n) is 11.0. The lowest BCUT2D eigenvalue weighted by molar-refractivity contribution is 0.613. The van der Waals surface area contributed by atoms with Crippen LogP contribution in [-0.2, 0) is 23.1 Å². The Kier molecular flexibility index (Phi) is 5.15. The average Bonchev–Trinajstić information content (AvgIpc) is 2.40. The van der Waals surface area contributed by atoms with Crippen molar-refractivity contribution in [2.24, 2.45) is 0 Å². The van der Waals surface area contributed by atoms with E-state index in [4.69, 9.17) is 11.6 Å². The molecule has 0 aliphatic carbocycles. The predicted octanol–water partition coefficient (Wildman–Crippen LogP) is 3.97. The second-order valence-corrected chi connectivity index (χ2v) is 6.31. The Morgan fingerprint density at radius 1 is 1.20 bits per heavy atom. The van der Waals surface area contributed by atoms with Crippen molar-refractivity contribution >= 4 is 28.1 Å². The van der Waals surface area contributed by atoms with Crippen molar-refractivity contribution in [2.75, 3.05) is 11.6 Å². The molecule has 1 atom stereocenters. The lowest BCUT2D eigenvalue weighted by Gasteiger charge is -2.10. The van der Waals surface area contributed by atoms with Crippen molar-refractivity contribution in [1.29, 1.82) is 0 Å². The number of hydrogen-bond acceptors (Lipinski definition) is 2. The van der Waals surface area contributed by atoms with E-state index < -0.39 is 10.8 Å². The van der Waals surface area contributed by atoms with E-state index in [0.717, 1.165) is 11.3 Å². The van der Waals surface area contributed by atoms with Crippen LogP contribution in [0.5, 0.6) is 0 Å². The molecule has 0 saturated carbocycles. The molecule has 0 aliphatic rings. The number of nitrogens with one attached hydrogen (secondary N) is 1. The lowest BCUT2D eigenvalue weighted by Crippen LogP contribution is -2.02. The maximum absolute atomic E-state index is 13.5. The molecule has 106 valence electrons. The average molecular weight is 312 g/mol. The molecule has 1 N–H and O–H groups in total. The summed E-state index contributed by atoms with van der Waals surface area (Å²) in [5, 5.41) is 3.74. The van der Waals surface area contributed by atoms with Crippen LogP contribution in [0.15, 0.2) is 42.5 Å². The summed E-state index contributed by atoms with van der Waals surface area (Å²) in [6, 6.07) is 12.1. The smallest absolute Gasteiger partial charge is 0.128 e. The quantitative estimate of drug-likeness (QED) is 0.905. The van der Waals surface area contributed by atoms with Crippen molar-refractivity contribution in [3.05, 3.63) is 64.4 Å². The molecular formula is C15H15ClFNOS. The van der Waals surface area contributed by atoms with Crippen LogP contribution in [0.25, 0.3) is 0 Å². The Labute approximate surface area is 125 Å². The van der Waals surface area contributed by atoms with E-state index in [9.17, 15) is 8.60 Å². The molecule has 0 saturated heterocycles. The normalized spacial score (nSPS) is 12.2. The third kappa shape index (κ3) is 4.05. The molecule has 0 spiro atoms. The highest BCUT2D eigenvalue weighted by Crippen LogP contribution is 2.22. The molecule has 0 amide bonds. The molecule has 5 heteroatoms. The van der Waals surface area contributed by atoms with Gasteiger partial charge in [-0.05, 0) is 29.8 Å². The summed E-state index contributed by atoms with van der Waals surface area (Å²) in [6.07, 6.45) is 1.63. The fourth-order valence-electron chi connectivity index (χ4n) is 1.85. The number of halogens is 2. The minimum atomic E-state index is -0.951. The van der Waals surface area contributed by atoms with Crippen molar-refractivity contribution in [3.63, 3.8) is 0 Å². The fourth-order valence-corrected chi connectivity index (χ4v) is 2.79. The summed E-state index contributed by atoms with van der Waals surface area (Å²) < 4.78 is 24.8. The number of anilines is 1. The summed E-state index contributed by atoms with van der Waals surface area (Å²) in [5.41, 5.74) is 2.26. The maximum Gasteiger partial charge on any atom is 0.128 e. The molecule has 2 rings (SSSR count). The minimum absolute atomic E-state index is 0.233. The van der Waals surface area contributed by atoms with Crippen LogP contribution < -0.4 is 5.32 Å². The third-order valence-corrected chi connectivity index (χ3v) is 3.93. The molecule has 0 radical (unpaired) electrons. The third-order valence-electron chi connectivity index (χ3n) is 2.85. The lowest BCUT2D eigenvalue weighted by atomic mass is 10.2. The van der Waals surface area contributed by atoms with Crippen LogP contribution in [-0.4, -0.2) is 10.5 Å². The van der Waals surface area contributed by atoms with Crippen molar-refractivity contribution in [3.8, 4) is 0 Å². The molecule has 2 aromatic carbocycles. The summed E-state index contributed by atoms with van der Waals surface area (Å²) in [4.78, 5) is 0. The summed E-state index contributed by atoms with van der Waals surface area (Å²) in [5.74, 6) is 0.178. The number of rotatable bonds is 5. The van der Waals surface area contributed by atoms with E-state index in [1.54, 1.807) is 30.5 Å². The second kappa shape index (κ2) is 6.86. The van der Waals surface area contributed by atoms with Crippen LogP contribution in [0, 0.1) is 5.82 Å². The van der Waals surface area contributed by atoms with Crippen LogP contribution >= 0.6 is 11.6 Å². The van der Waals surface area contributed by atoms with Gasteiger partial charge < -0.3 is 5.32 Å². The van der Waals surface area contributed by atoms with Crippen molar-refractivity contribution < 1.29 is 8.60 Å². The van der Waals surface area contributed by atoms with Gasteiger partial charge in [0.05, 0.1) is 0 Å². The summed E-state index contributed by atoms with van der Waals surface area (Å²) >= 11 is 6.06. The van der Waals surface area contributed by atoms with E-state index in [2.05, 4.69) is 5.32 Å². The van der Waals surface area contributed by atoms with Gasteiger partial charge >= 0.3 is 0 Å². The first-order valence-corrected chi connectivity index (χ1v) is 8.22. The van der Waals surface area contributed by atoms with Crippen LogP contribution in [0.4, 0.5) is 10.1 Å². The monoisotopic (exact) mass is 311 g/mol. The van der Waals surface area contributed by atoms with Gasteiger partial charge in [0.1, 0.15) is 5.82 Å². The van der Waals surface area contributed by atoms with Gasteiger partial charge in [-0.1, -0.05) is 29.8 Å². The standard InChI is InChI=1S/C15H15ClFNOS/c1-20(19)10-12-8-13(6-7-14(12)16)18-9-11-4-2-3-5-15(11)17/h2-8,18H,9-10H2,1H3/t20-/m1/s1. The van der Waals surface area contributed by atoms with Gasteiger partial charge in [-0.2, -0.15) is 0 Å². The van der Waals surface area contributed by atoms with Gasteiger partial charge in [0.25, 0.3) is 0 Å². The van der Waals surface area contributed by atoms with Crippen LogP contribution in [0.3, 0.4) is 0 Å². The Bertz CT molecular complexity index is 633.